The van der Waals surface area contributed by atoms with E-state index in [1.54, 1.807) is 0 Å². The second-order valence-corrected chi connectivity index (χ2v) is 6.24. The lowest BCUT2D eigenvalue weighted by Gasteiger charge is -2.16. The van der Waals surface area contributed by atoms with Gasteiger partial charge in [0, 0.05) is 9.40 Å². The zero-order valence-electron chi connectivity index (χ0n) is 8.47. The molecule has 2 aromatic heterocycles. The predicted molar refractivity (Wildman–Crippen MR) is 63.1 cm³/mol. The van der Waals surface area contributed by atoms with Crippen molar-refractivity contribution in [3.8, 4) is 0 Å². The summed E-state index contributed by atoms with van der Waals surface area (Å²) in [4.78, 5) is 0. The molecule has 0 aliphatic heterocycles. The van der Waals surface area contributed by atoms with Gasteiger partial charge in [-0.2, -0.15) is 0 Å². The van der Waals surface area contributed by atoms with Crippen LogP contribution in [0.3, 0.4) is 0 Å². The third kappa shape index (κ3) is 1.42. The van der Waals surface area contributed by atoms with Gasteiger partial charge in [0.2, 0.25) is 0 Å². The fourth-order valence-corrected chi connectivity index (χ4v) is 4.23. The second kappa shape index (κ2) is 2.82. The molecule has 0 unspecified atom stereocenters. The Morgan fingerprint density at radius 3 is 2.23 bits per heavy atom. The average Bonchev–Trinajstić information content (AvgIpc) is 2.51. The van der Waals surface area contributed by atoms with Crippen molar-refractivity contribution in [1.82, 2.24) is 0 Å². The van der Waals surface area contributed by atoms with Crippen LogP contribution >= 0.6 is 22.7 Å². The molecule has 0 saturated carbocycles. The van der Waals surface area contributed by atoms with Crippen LogP contribution in [0.1, 0.15) is 31.9 Å². The topological polar surface area (TPSA) is 0 Å². The van der Waals surface area contributed by atoms with Crippen LogP contribution in [0.4, 0.5) is 0 Å². The molecular weight excluding hydrogens is 196 g/mol. The highest BCUT2D eigenvalue weighted by molar-refractivity contribution is 7.26. The highest BCUT2D eigenvalue weighted by Gasteiger charge is 2.19. The third-order valence-corrected chi connectivity index (χ3v) is 4.64. The van der Waals surface area contributed by atoms with Gasteiger partial charge in [-0.1, -0.05) is 20.8 Å². The van der Waals surface area contributed by atoms with E-state index in [-0.39, 0.29) is 5.41 Å². The number of hydrogen-bond acceptors (Lipinski definition) is 2. The maximum Gasteiger partial charge on any atom is 0.0490 e. The van der Waals surface area contributed by atoms with Gasteiger partial charge in [0.1, 0.15) is 0 Å². The molecule has 0 aromatic carbocycles. The molecule has 0 spiro atoms. The first-order chi connectivity index (χ1) is 6.00. The summed E-state index contributed by atoms with van der Waals surface area (Å²) in [5.41, 5.74) is 3.22. The summed E-state index contributed by atoms with van der Waals surface area (Å²) in [6.45, 7) is 9.04. The largest absolute Gasteiger partial charge is 0.142 e. The molecule has 0 N–H and O–H groups in total. The Balaban J connectivity index is 2.72. The van der Waals surface area contributed by atoms with E-state index >= 15 is 0 Å². The van der Waals surface area contributed by atoms with Gasteiger partial charge in [-0.25, -0.2) is 0 Å². The van der Waals surface area contributed by atoms with Crippen molar-refractivity contribution in [2.75, 3.05) is 0 Å². The lowest BCUT2D eigenvalue weighted by molar-refractivity contribution is 0.598. The van der Waals surface area contributed by atoms with Crippen LogP contribution in [0.15, 0.2) is 10.8 Å². The van der Waals surface area contributed by atoms with Crippen LogP contribution in [0.5, 0.6) is 0 Å². The molecule has 0 nitrogen and oxygen atoms in total. The van der Waals surface area contributed by atoms with Crippen LogP contribution in [0.2, 0.25) is 0 Å². The van der Waals surface area contributed by atoms with Crippen molar-refractivity contribution in [3.63, 3.8) is 0 Å². The Labute approximate surface area is 87.2 Å². The molecule has 0 aliphatic rings. The number of fused-ring (bicyclic) bond motifs is 1. The second-order valence-electron chi connectivity index (χ2n) is 4.48. The molecule has 2 heterocycles. The lowest BCUT2D eigenvalue weighted by atomic mass is 9.89. The molecule has 0 amide bonds. The molecular formula is C11H14S2. The normalized spacial score (nSPS) is 12.6. The number of rotatable bonds is 0. The molecule has 13 heavy (non-hydrogen) atoms. The van der Waals surface area contributed by atoms with E-state index in [4.69, 9.17) is 0 Å². The minimum absolute atomic E-state index is 0.287. The van der Waals surface area contributed by atoms with E-state index in [2.05, 4.69) is 38.5 Å². The minimum atomic E-state index is 0.287. The van der Waals surface area contributed by atoms with Crippen molar-refractivity contribution in [1.29, 1.82) is 0 Å². The van der Waals surface area contributed by atoms with E-state index in [1.165, 1.54) is 20.5 Å². The zero-order valence-corrected chi connectivity index (χ0v) is 10.1. The van der Waals surface area contributed by atoms with Gasteiger partial charge in [-0.15, -0.1) is 22.7 Å². The first kappa shape index (κ1) is 9.22. The van der Waals surface area contributed by atoms with E-state index in [1.807, 2.05) is 22.7 Å². The van der Waals surface area contributed by atoms with Gasteiger partial charge in [-0.05, 0) is 34.2 Å². The van der Waals surface area contributed by atoms with Gasteiger partial charge < -0.3 is 0 Å². The SMILES string of the molecule is Cc1csc2c(C(C)(C)C)csc12. The Hall–Kier alpha value is -0.340. The van der Waals surface area contributed by atoms with Crippen LogP contribution in [-0.2, 0) is 5.41 Å². The monoisotopic (exact) mass is 210 g/mol. The van der Waals surface area contributed by atoms with Crippen LogP contribution < -0.4 is 0 Å². The van der Waals surface area contributed by atoms with Gasteiger partial charge in [0.15, 0.2) is 0 Å². The smallest absolute Gasteiger partial charge is 0.0490 e. The third-order valence-electron chi connectivity index (χ3n) is 2.27. The molecule has 0 bridgehead atoms. The molecule has 0 aliphatic carbocycles. The summed E-state index contributed by atoms with van der Waals surface area (Å²) in [7, 11) is 0. The molecule has 2 aromatic rings. The van der Waals surface area contributed by atoms with E-state index < -0.39 is 0 Å². The van der Waals surface area contributed by atoms with Crippen LogP contribution in [0, 0.1) is 6.92 Å². The van der Waals surface area contributed by atoms with Gasteiger partial charge in [0.25, 0.3) is 0 Å². The number of aryl methyl sites for hydroxylation is 1. The van der Waals surface area contributed by atoms with E-state index in [9.17, 15) is 0 Å². The summed E-state index contributed by atoms with van der Waals surface area (Å²) >= 11 is 3.77. The number of thiophene rings is 2. The lowest BCUT2D eigenvalue weighted by Crippen LogP contribution is -2.09. The van der Waals surface area contributed by atoms with Crippen LogP contribution in [0.25, 0.3) is 9.40 Å². The first-order valence-electron chi connectivity index (χ1n) is 4.46. The fourth-order valence-electron chi connectivity index (χ4n) is 1.45. The summed E-state index contributed by atoms with van der Waals surface area (Å²) in [6.07, 6.45) is 0. The van der Waals surface area contributed by atoms with Crippen molar-refractivity contribution in [2.45, 2.75) is 33.1 Å². The van der Waals surface area contributed by atoms with Crippen molar-refractivity contribution < 1.29 is 0 Å². The van der Waals surface area contributed by atoms with Gasteiger partial charge in [-0.3, -0.25) is 0 Å². The predicted octanol–water partition coefficient (Wildman–Crippen LogP) is 4.57. The molecule has 0 saturated heterocycles. The molecule has 0 radical (unpaired) electrons. The molecule has 70 valence electrons. The number of hydrogen-bond donors (Lipinski definition) is 0. The van der Waals surface area contributed by atoms with E-state index in [0.29, 0.717) is 0 Å². The van der Waals surface area contributed by atoms with Crippen molar-refractivity contribution in [2.24, 2.45) is 0 Å². The first-order valence-corrected chi connectivity index (χ1v) is 6.22. The fraction of sp³-hybridized carbons (Fsp3) is 0.455. The summed E-state index contributed by atoms with van der Waals surface area (Å²) in [6, 6.07) is 0. The summed E-state index contributed by atoms with van der Waals surface area (Å²) in [5.74, 6) is 0. The maximum atomic E-state index is 2.31. The minimum Gasteiger partial charge on any atom is -0.142 e. The van der Waals surface area contributed by atoms with Crippen molar-refractivity contribution >= 4 is 32.1 Å². The highest BCUT2D eigenvalue weighted by atomic mass is 32.1. The Morgan fingerprint density at radius 1 is 1.00 bits per heavy atom. The van der Waals surface area contributed by atoms with Crippen molar-refractivity contribution in [3.05, 3.63) is 21.9 Å². The molecule has 2 rings (SSSR count). The Kier molecular flexibility index (Phi) is 2.00. The summed E-state index contributed by atoms with van der Waals surface area (Å²) < 4.78 is 2.98. The molecule has 0 fully saturated rings. The van der Waals surface area contributed by atoms with Crippen LogP contribution in [-0.4, -0.2) is 0 Å². The highest BCUT2D eigenvalue weighted by Crippen LogP contribution is 2.39. The summed E-state index contributed by atoms with van der Waals surface area (Å²) in [5, 5.41) is 4.57. The standard InChI is InChI=1S/C11H14S2/c1-7-5-12-10-8(11(2,3)4)6-13-9(7)10/h5-6H,1-4H3. The Morgan fingerprint density at radius 2 is 1.62 bits per heavy atom. The van der Waals surface area contributed by atoms with Gasteiger partial charge in [0.05, 0.1) is 0 Å². The average molecular weight is 210 g/mol. The quantitative estimate of drug-likeness (QED) is 0.597. The van der Waals surface area contributed by atoms with Gasteiger partial charge >= 0.3 is 0 Å². The zero-order chi connectivity index (χ0) is 9.64. The maximum absolute atomic E-state index is 2.31. The Bertz CT molecular complexity index is 426. The molecule has 2 heteroatoms. The van der Waals surface area contributed by atoms with E-state index in [0.717, 1.165) is 0 Å². The molecule has 0 atom stereocenters.